The van der Waals surface area contributed by atoms with E-state index in [1.807, 2.05) is 6.92 Å². The van der Waals surface area contributed by atoms with E-state index in [1.54, 1.807) is 4.90 Å². The van der Waals surface area contributed by atoms with Gasteiger partial charge in [0.2, 0.25) is 0 Å². The Morgan fingerprint density at radius 2 is 2.16 bits per heavy atom. The molecular weight excluding hydrogens is 259 g/mol. The molecule has 0 radical (unpaired) electrons. The van der Waals surface area contributed by atoms with Gasteiger partial charge in [-0.05, 0) is 18.8 Å². The molecule has 2 heterocycles. The molecule has 0 saturated carbocycles. The van der Waals surface area contributed by atoms with Crippen molar-refractivity contribution in [1.29, 1.82) is 0 Å². The first kappa shape index (κ1) is 13.9. The molecule has 1 aliphatic heterocycles. The highest BCUT2D eigenvalue weighted by Gasteiger charge is 2.36. The van der Waals surface area contributed by atoms with Gasteiger partial charge in [-0.25, -0.2) is 0 Å². The number of amides is 1. The van der Waals surface area contributed by atoms with Crippen LogP contribution >= 0.6 is 0 Å². The summed E-state index contributed by atoms with van der Waals surface area (Å²) in [7, 11) is 1.19. The molecular formula is C12H16F3N3O. The Morgan fingerprint density at radius 3 is 2.68 bits per heavy atom. The van der Waals surface area contributed by atoms with E-state index < -0.39 is 17.8 Å². The van der Waals surface area contributed by atoms with Gasteiger partial charge < -0.3 is 4.90 Å². The molecule has 1 aliphatic rings. The third-order valence-electron chi connectivity index (χ3n) is 3.33. The van der Waals surface area contributed by atoms with Gasteiger partial charge in [-0.15, -0.1) is 0 Å². The minimum atomic E-state index is -4.49. The van der Waals surface area contributed by atoms with Gasteiger partial charge in [0.25, 0.3) is 5.91 Å². The topological polar surface area (TPSA) is 38.1 Å². The quantitative estimate of drug-likeness (QED) is 0.789. The van der Waals surface area contributed by atoms with Gasteiger partial charge in [0.15, 0.2) is 5.69 Å². The molecule has 1 saturated heterocycles. The average molecular weight is 275 g/mol. The van der Waals surface area contributed by atoms with Gasteiger partial charge in [0.1, 0.15) is 5.69 Å². The summed E-state index contributed by atoms with van der Waals surface area (Å²) in [6.07, 6.45) is -2.57. The lowest BCUT2D eigenvalue weighted by atomic mass is 10.00. The molecule has 1 aromatic rings. The molecule has 106 valence electrons. The highest BCUT2D eigenvalue weighted by molar-refractivity contribution is 5.92. The lowest BCUT2D eigenvalue weighted by molar-refractivity contribution is -0.143. The second kappa shape index (κ2) is 4.86. The van der Waals surface area contributed by atoms with Crippen LogP contribution in [0.4, 0.5) is 13.2 Å². The predicted octanol–water partition coefficient (Wildman–Crippen LogP) is 2.31. The van der Waals surface area contributed by atoms with Crippen molar-refractivity contribution in [3.8, 4) is 0 Å². The Hall–Kier alpha value is -1.53. The summed E-state index contributed by atoms with van der Waals surface area (Å²) in [5.74, 6) is -0.0406. The number of carbonyl (C=O) groups is 1. The maximum Gasteiger partial charge on any atom is 0.433 e. The van der Waals surface area contributed by atoms with Crippen LogP contribution in [0.25, 0.3) is 0 Å². The first-order valence-electron chi connectivity index (χ1n) is 6.19. The van der Waals surface area contributed by atoms with Crippen LogP contribution in [0, 0.1) is 5.92 Å². The molecule has 0 unspecified atom stereocenters. The van der Waals surface area contributed by atoms with E-state index in [4.69, 9.17) is 0 Å². The van der Waals surface area contributed by atoms with Crippen LogP contribution < -0.4 is 0 Å². The Labute approximate surface area is 109 Å². The van der Waals surface area contributed by atoms with Crippen molar-refractivity contribution in [3.05, 3.63) is 17.5 Å². The maximum absolute atomic E-state index is 12.6. The Morgan fingerprint density at radius 1 is 1.47 bits per heavy atom. The van der Waals surface area contributed by atoms with E-state index in [1.165, 1.54) is 7.05 Å². The van der Waals surface area contributed by atoms with E-state index in [0.717, 1.165) is 18.9 Å². The van der Waals surface area contributed by atoms with E-state index >= 15 is 0 Å². The number of aromatic nitrogens is 2. The van der Waals surface area contributed by atoms with Crippen LogP contribution in [0.1, 0.15) is 35.9 Å². The first-order chi connectivity index (χ1) is 8.79. The lowest BCUT2D eigenvalue weighted by Crippen LogP contribution is -2.39. The molecule has 0 spiro atoms. The monoisotopic (exact) mass is 275 g/mol. The van der Waals surface area contributed by atoms with Crippen LogP contribution in [0.2, 0.25) is 0 Å². The number of likely N-dealkylation sites (tertiary alicyclic amines) is 1. The molecule has 4 nitrogen and oxygen atoms in total. The number of halogens is 3. The highest BCUT2D eigenvalue weighted by Crippen LogP contribution is 2.29. The normalized spacial score (nSPS) is 20.7. The summed E-state index contributed by atoms with van der Waals surface area (Å²) in [4.78, 5) is 13.7. The average Bonchev–Trinajstić information content (AvgIpc) is 2.70. The molecule has 19 heavy (non-hydrogen) atoms. The van der Waals surface area contributed by atoms with Crippen LogP contribution in [0.15, 0.2) is 6.07 Å². The number of carbonyl (C=O) groups excluding carboxylic acids is 1. The SMILES string of the molecule is C[C@H]1CCCN(C(=O)c2cc(C(F)(F)F)n(C)n2)C1. The van der Waals surface area contributed by atoms with Crippen molar-refractivity contribution in [2.24, 2.45) is 13.0 Å². The third-order valence-corrected chi connectivity index (χ3v) is 3.33. The lowest BCUT2D eigenvalue weighted by Gasteiger charge is -2.30. The van der Waals surface area contributed by atoms with Gasteiger partial charge in [-0.3, -0.25) is 9.48 Å². The summed E-state index contributed by atoms with van der Waals surface area (Å²) in [5, 5.41) is 3.68. The second-order valence-electron chi connectivity index (χ2n) is 5.03. The summed E-state index contributed by atoms with van der Waals surface area (Å²) >= 11 is 0. The van der Waals surface area contributed by atoms with Crippen LogP contribution in [-0.2, 0) is 13.2 Å². The number of hydrogen-bond donors (Lipinski definition) is 0. The van der Waals surface area contributed by atoms with Crippen molar-refractivity contribution in [3.63, 3.8) is 0 Å². The van der Waals surface area contributed by atoms with Crippen LogP contribution in [0.5, 0.6) is 0 Å². The fraction of sp³-hybridized carbons (Fsp3) is 0.667. The number of rotatable bonds is 1. The van der Waals surface area contributed by atoms with Crippen molar-refractivity contribution >= 4 is 5.91 Å². The van der Waals surface area contributed by atoms with Gasteiger partial charge >= 0.3 is 6.18 Å². The molecule has 0 aliphatic carbocycles. The zero-order valence-corrected chi connectivity index (χ0v) is 10.9. The zero-order valence-electron chi connectivity index (χ0n) is 10.9. The third kappa shape index (κ3) is 2.90. The summed E-state index contributed by atoms with van der Waals surface area (Å²) < 4.78 is 38.6. The van der Waals surface area contributed by atoms with Gasteiger partial charge in [-0.1, -0.05) is 6.92 Å². The van der Waals surface area contributed by atoms with E-state index in [2.05, 4.69) is 5.10 Å². The Bertz CT molecular complexity index is 481. The summed E-state index contributed by atoms with van der Waals surface area (Å²) in [6, 6.07) is 0.821. The number of piperidine rings is 1. The van der Waals surface area contributed by atoms with Crippen LogP contribution in [-0.4, -0.2) is 33.7 Å². The minimum Gasteiger partial charge on any atom is -0.337 e. The minimum absolute atomic E-state index is 0.135. The summed E-state index contributed by atoms with van der Waals surface area (Å²) in [6.45, 7) is 3.19. The van der Waals surface area contributed by atoms with Crippen molar-refractivity contribution in [2.45, 2.75) is 25.9 Å². The van der Waals surface area contributed by atoms with Gasteiger partial charge in [0, 0.05) is 26.2 Å². The molecule has 1 amide bonds. The molecule has 2 rings (SSSR count). The first-order valence-corrected chi connectivity index (χ1v) is 6.19. The molecule has 0 N–H and O–H groups in total. The van der Waals surface area contributed by atoms with Gasteiger partial charge in [0.05, 0.1) is 0 Å². The van der Waals surface area contributed by atoms with Gasteiger partial charge in [-0.2, -0.15) is 18.3 Å². The molecule has 1 fully saturated rings. The summed E-state index contributed by atoms with van der Waals surface area (Å²) in [5.41, 5.74) is -1.04. The smallest absolute Gasteiger partial charge is 0.337 e. The van der Waals surface area contributed by atoms with Crippen LogP contribution in [0.3, 0.4) is 0 Å². The van der Waals surface area contributed by atoms with Crippen molar-refractivity contribution < 1.29 is 18.0 Å². The fourth-order valence-corrected chi connectivity index (χ4v) is 2.37. The fourth-order valence-electron chi connectivity index (χ4n) is 2.37. The number of nitrogens with zero attached hydrogens (tertiary/aromatic N) is 3. The number of alkyl halides is 3. The van der Waals surface area contributed by atoms with Crippen molar-refractivity contribution in [2.75, 3.05) is 13.1 Å². The highest BCUT2D eigenvalue weighted by atomic mass is 19.4. The Kier molecular flexibility index (Phi) is 3.56. The van der Waals surface area contributed by atoms with E-state index in [9.17, 15) is 18.0 Å². The molecule has 1 aromatic heterocycles. The van der Waals surface area contributed by atoms with E-state index in [-0.39, 0.29) is 5.69 Å². The molecule has 7 heteroatoms. The molecule has 0 bridgehead atoms. The number of hydrogen-bond acceptors (Lipinski definition) is 2. The van der Waals surface area contributed by atoms with E-state index in [0.29, 0.717) is 23.7 Å². The number of aryl methyl sites for hydroxylation is 1. The standard InChI is InChI=1S/C12H16F3N3O/c1-8-4-3-5-18(7-8)11(19)9-6-10(12(13,14)15)17(2)16-9/h6,8H,3-5,7H2,1-2H3/t8-/m0/s1. The molecule has 1 atom stereocenters. The molecule has 0 aromatic carbocycles. The predicted molar refractivity (Wildman–Crippen MR) is 62.5 cm³/mol. The van der Waals surface area contributed by atoms with Crippen molar-refractivity contribution in [1.82, 2.24) is 14.7 Å². The maximum atomic E-state index is 12.6. The largest absolute Gasteiger partial charge is 0.433 e. The zero-order chi connectivity index (χ0) is 14.2. The Balaban J connectivity index is 2.20. The second-order valence-corrected chi connectivity index (χ2v) is 5.03.